The number of aryl methyl sites for hydroxylation is 1. The van der Waals surface area contributed by atoms with Crippen LogP contribution in [-0.4, -0.2) is 27.0 Å². The Hall–Kier alpha value is -2.70. The van der Waals surface area contributed by atoms with Crippen molar-refractivity contribution in [2.45, 2.75) is 27.7 Å². The van der Waals surface area contributed by atoms with Gasteiger partial charge in [0.05, 0.1) is 0 Å². The number of amides is 2. The second-order valence-electron chi connectivity index (χ2n) is 6.02. The average molecular weight is 301 g/mol. The number of nitrogens with one attached hydrogen (secondary N) is 3. The van der Waals surface area contributed by atoms with Gasteiger partial charge in [-0.25, -0.2) is 4.98 Å². The predicted molar refractivity (Wildman–Crippen MR) is 83.6 cm³/mol. The van der Waals surface area contributed by atoms with E-state index >= 15 is 0 Å². The fourth-order valence-corrected chi connectivity index (χ4v) is 1.70. The summed E-state index contributed by atoms with van der Waals surface area (Å²) < 4.78 is 0. The minimum atomic E-state index is -0.467. The van der Waals surface area contributed by atoms with E-state index in [9.17, 15) is 9.59 Å². The highest BCUT2D eigenvalue weighted by atomic mass is 16.2. The molecule has 7 nitrogen and oxygen atoms in total. The van der Waals surface area contributed by atoms with Crippen LogP contribution in [0.2, 0.25) is 0 Å². The van der Waals surface area contributed by atoms with Gasteiger partial charge in [-0.15, -0.1) is 0 Å². The van der Waals surface area contributed by atoms with E-state index in [-0.39, 0.29) is 17.6 Å². The summed E-state index contributed by atoms with van der Waals surface area (Å²) >= 11 is 0. The highest BCUT2D eigenvalue weighted by Crippen LogP contribution is 2.23. The molecule has 22 heavy (non-hydrogen) atoms. The van der Waals surface area contributed by atoms with E-state index in [1.54, 1.807) is 18.2 Å². The summed E-state index contributed by atoms with van der Waals surface area (Å²) in [5, 5.41) is 11.7. The Balaban J connectivity index is 2.10. The number of rotatable bonds is 3. The molecule has 0 saturated carbocycles. The Morgan fingerprint density at radius 1 is 1.18 bits per heavy atom. The van der Waals surface area contributed by atoms with Crippen LogP contribution in [0.25, 0.3) is 0 Å². The second-order valence-corrected chi connectivity index (χ2v) is 6.02. The molecule has 0 bridgehead atoms. The summed E-state index contributed by atoms with van der Waals surface area (Å²) in [5.74, 6) is -0.291. The second kappa shape index (κ2) is 5.97. The maximum Gasteiger partial charge on any atom is 0.292 e. The van der Waals surface area contributed by atoms with E-state index in [2.05, 4.69) is 25.8 Å². The highest BCUT2D eigenvalue weighted by molar-refractivity contribution is 6.02. The zero-order valence-electron chi connectivity index (χ0n) is 13.0. The third-order valence-electron chi connectivity index (χ3n) is 3.04. The molecule has 1 aromatic heterocycles. The topological polar surface area (TPSA) is 99.8 Å². The van der Waals surface area contributed by atoms with Crippen molar-refractivity contribution in [1.82, 2.24) is 15.2 Å². The van der Waals surface area contributed by atoms with Crippen LogP contribution < -0.4 is 10.6 Å². The number of H-pyrrole nitrogens is 1. The summed E-state index contributed by atoms with van der Waals surface area (Å²) in [7, 11) is 0. The summed E-state index contributed by atoms with van der Waals surface area (Å²) in [6.07, 6.45) is 1.27. The quantitative estimate of drug-likeness (QED) is 0.810. The molecule has 0 aliphatic carbocycles. The van der Waals surface area contributed by atoms with Gasteiger partial charge in [0.15, 0.2) is 0 Å². The summed E-state index contributed by atoms with van der Waals surface area (Å²) in [6, 6.07) is 5.26. The molecular formula is C15H19N5O2. The van der Waals surface area contributed by atoms with Crippen LogP contribution in [0.15, 0.2) is 24.5 Å². The van der Waals surface area contributed by atoms with Crippen molar-refractivity contribution in [3.63, 3.8) is 0 Å². The number of hydrogen-bond donors (Lipinski definition) is 3. The molecule has 0 fully saturated rings. The van der Waals surface area contributed by atoms with E-state index in [0.29, 0.717) is 5.69 Å². The monoisotopic (exact) mass is 301 g/mol. The van der Waals surface area contributed by atoms with Crippen LogP contribution in [0.5, 0.6) is 0 Å². The Labute approximate surface area is 128 Å². The maximum absolute atomic E-state index is 12.0. The number of anilines is 2. The molecule has 2 rings (SSSR count). The third-order valence-corrected chi connectivity index (χ3v) is 3.04. The van der Waals surface area contributed by atoms with Crippen molar-refractivity contribution in [3.8, 4) is 0 Å². The standard InChI is InChI=1S/C15H19N5O2/c1-9-7-10(18-13(21)12-16-8-17-20-12)5-6-11(9)19-14(22)15(2,3)4/h5-8H,1-4H3,(H,18,21)(H,19,22)(H,16,17,20). The summed E-state index contributed by atoms with van der Waals surface area (Å²) in [4.78, 5) is 27.7. The number of hydrogen-bond acceptors (Lipinski definition) is 4. The van der Waals surface area contributed by atoms with E-state index in [1.165, 1.54) is 6.33 Å². The van der Waals surface area contributed by atoms with Gasteiger partial charge in [0.25, 0.3) is 5.91 Å². The SMILES string of the molecule is Cc1cc(NC(=O)c2ncn[nH]2)ccc1NC(=O)C(C)(C)C. The smallest absolute Gasteiger partial charge is 0.292 e. The molecule has 0 spiro atoms. The Morgan fingerprint density at radius 3 is 2.45 bits per heavy atom. The van der Waals surface area contributed by atoms with Gasteiger partial charge in [-0.2, -0.15) is 5.10 Å². The number of nitrogens with zero attached hydrogens (tertiary/aromatic N) is 2. The average Bonchev–Trinajstić information content (AvgIpc) is 2.94. The Bertz CT molecular complexity index is 686. The van der Waals surface area contributed by atoms with Gasteiger partial charge in [0, 0.05) is 16.8 Å². The lowest BCUT2D eigenvalue weighted by Gasteiger charge is -2.19. The van der Waals surface area contributed by atoms with Gasteiger partial charge in [-0.3, -0.25) is 14.7 Å². The van der Waals surface area contributed by atoms with Crippen molar-refractivity contribution < 1.29 is 9.59 Å². The number of carbonyl (C=O) groups is 2. The van der Waals surface area contributed by atoms with Gasteiger partial charge in [-0.1, -0.05) is 20.8 Å². The molecule has 116 valence electrons. The summed E-state index contributed by atoms with van der Waals surface area (Å²) in [5.41, 5.74) is 1.73. The van der Waals surface area contributed by atoms with Crippen molar-refractivity contribution in [1.29, 1.82) is 0 Å². The lowest BCUT2D eigenvalue weighted by molar-refractivity contribution is -0.123. The van der Waals surface area contributed by atoms with E-state index < -0.39 is 5.41 Å². The van der Waals surface area contributed by atoms with Crippen LogP contribution in [0.4, 0.5) is 11.4 Å². The zero-order chi connectivity index (χ0) is 16.3. The van der Waals surface area contributed by atoms with Crippen molar-refractivity contribution in [3.05, 3.63) is 35.9 Å². The number of carbonyl (C=O) groups excluding carboxylic acids is 2. The van der Waals surface area contributed by atoms with Crippen molar-refractivity contribution in [2.75, 3.05) is 10.6 Å². The molecule has 0 radical (unpaired) electrons. The zero-order valence-corrected chi connectivity index (χ0v) is 13.0. The minimum Gasteiger partial charge on any atom is -0.325 e. The van der Waals surface area contributed by atoms with Crippen molar-refractivity contribution in [2.24, 2.45) is 5.41 Å². The lowest BCUT2D eigenvalue weighted by atomic mass is 9.95. The fourth-order valence-electron chi connectivity index (χ4n) is 1.70. The van der Waals surface area contributed by atoms with Crippen molar-refractivity contribution >= 4 is 23.2 Å². The fraction of sp³-hybridized carbons (Fsp3) is 0.333. The molecule has 0 unspecified atom stereocenters. The molecule has 0 atom stereocenters. The molecular weight excluding hydrogens is 282 g/mol. The molecule has 3 N–H and O–H groups in total. The molecule has 0 aliphatic heterocycles. The first kappa shape index (κ1) is 15.7. The molecule has 7 heteroatoms. The highest BCUT2D eigenvalue weighted by Gasteiger charge is 2.21. The normalized spacial score (nSPS) is 11.1. The third kappa shape index (κ3) is 3.69. The summed E-state index contributed by atoms with van der Waals surface area (Å²) in [6.45, 7) is 7.42. The van der Waals surface area contributed by atoms with Gasteiger partial charge in [-0.05, 0) is 30.7 Å². The van der Waals surface area contributed by atoms with Gasteiger partial charge >= 0.3 is 0 Å². The minimum absolute atomic E-state index is 0.0611. The molecule has 0 aliphatic rings. The number of benzene rings is 1. The largest absolute Gasteiger partial charge is 0.325 e. The molecule has 2 aromatic rings. The predicted octanol–water partition coefficient (Wildman–Crippen LogP) is 2.35. The van der Waals surface area contributed by atoms with Crippen LogP contribution in [-0.2, 0) is 4.79 Å². The Kier molecular flexibility index (Phi) is 4.25. The number of aromatic nitrogens is 3. The van der Waals surface area contributed by atoms with Gasteiger partial charge < -0.3 is 10.6 Å². The molecule has 1 aromatic carbocycles. The first-order chi connectivity index (χ1) is 10.3. The molecule has 0 saturated heterocycles. The van der Waals surface area contributed by atoms with Gasteiger partial charge in [0.2, 0.25) is 11.7 Å². The van der Waals surface area contributed by atoms with Crippen LogP contribution in [0.3, 0.4) is 0 Å². The van der Waals surface area contributed by atoms with E-state index in [4.69, 9.17) is 0 Å². The first-order valence-corrected chi connectivity index (χ1v) is 6.86. The van der Waals surface area contributed by atoms with E-state index in [0.717, 1.165) is 11.3 Å². The van der Waals surface area contributed by atoms with Gasteiger partial charge in [0.1, 0.15) is 6.33 Å². The molecule has 2 amide bonds. The van der Waals surface area contributed by atoms with Crippen LogP contribution in [0, 0.1) is 12.3 Å². The Morgan fingerprint density at radius 2 is 1.91 bits per heavy atom. The molecule has 1 heterocycles. The van der Waals surface area contributed by atoms with E-state index in [1.807, 2.05) is 27.7 Å². The lowest BCUT2D eigenvalue weighted by Crippen LogP contribution is -2.27. The first-order valence-electron chi connectivity index (χ1n) is 6.86. The van der Waals surface area contributed by atoms with Crippen LogP contribution in [0.1, 0.15) is 37.0 Å². The van der Waals surface area contributed by atoms with Crippen LogP contribution >= 0.6 is 0 Å². The maximum atomic E-state index is 12.0. The number of aromatic amines is 1.